The topological polar surface area (TPSA) is 105 Å². The number of hydrazone groups is 1. The van der Waals surface area contributed by atoms with Crippen molar-refractivity contribution in [2.75, 3.05) is 27.9 Å². The van der Waals surface area contributed by atoms with Crippen LogP contribution in [0.1, 0.15) is 21.5 Å². The Balaban J connectivity index is 1.64. The molecule has 0 bridgehead atoms. The highest BCUT2D eigenvalue weighted by molar-refractivity contribution is 9.10. The number of benzene rings is 3. The van der Waals surface area contributed by atoms with Crippen molar-refractivity contribution in [3.8, 4) is 28.7 Å². The second-order valence-corrected chi connectivity index (χ2v) is 8.62. The third-order valence-electron chi connectivity index (χ3n) is 5.15. The Kier molecular flexibility index (Phi) is 10.3. The molecule has 3 aromatic carbocycles. The lowest BCUT2D eigenvalue weighted by Gasteiger charge is -2.11. The molecule has 38 heavy (non-hydrogen) atoms. The van der Waals surface area contributed by atoms with Crippen molar-refractivity contribution >= 4 is 34.0 Å². The second-order valence-electron chi connectivity index (χ2n) is 7.70. The number of amides is 1. The predicted octanol–water partition coefficient (Wildman–Crippen LogP) is 4.95. The lowest BCUT2D eigenvalue weighted by atomic mass is 10.1. The first-order valence-corrected chi connectivity index (χ1v) is 12.1. The first kappa shape index (κ1) is 28.3. The van der Waals surface area contributed by atoms with E-state index >= 15 is 0 Å². The number of rotatable bonds is 12. The van der Waals surface area contributed by atoms with Crippen LogP contribution in [0.25, 0.3) is 0 Å². The molecule has 0 aromatic heterocycles. The van der Waals surface area contributed by atoms with E-state index in [-0.39, 0.29) is 17.9 Å². The highest BCUT2D eigenvalue weighted by atomic mass is 79.9. The van der Waals surface area contributed by atoms with Crippen molar-refractivity contribution in [2.45, 2.75) is 6.42 Å². The summed E-state index contributed by atoms with van der Waals surface area (Å²) in [5.41, 5.74) is 4.13. The van der Waals surface area contributed by atoms with Crippen LogP contribution in [0.15, 0.2) is 76.8 Å². The molecule has 0 heterocycles. The molecule has 0 radical (unpaired) electrons. The summed E-state index contributed by atoms with van der Waals surface area (Å²) in [7, 11) is 4.51. The molecule has 0 aliphatic carbocycles. The van der Waals surface area contributed by atoms with Crippen LogP contribution < -0.4 is 29.1 Å². The van der Waals surface area contributed by atoms with E-state index < -0.39 is 11.9 Å². The number of allylic oxidation sites excluding steroid dienone is 1. The van der Waals surface area contributed by atoms with Crippen molar-refractivity contribution in [3.05, 3.63) is 88.4 Å². The highest BCUT2D eigenvalue weighted by Crippen LogP contribution is 2.30. The van der Waals surface area contributed by atoms with Crippen LogP contribution in [0.4, 0.5) is 0 Å². The average Bonchev–Trinajstić information content (AvgIpc) is 2.93. The molecular formula is C28H27BrN2O7. The first-order valence-electron chi connectivity index (χ1n) is 11.3. The molecule has 3 rings (SSSR count). The summed E-state index contributed by atoms with van der Waals surface area (Å²) in [6, 6.07) is 15.1. The predicted molar refractivity (Wildman–Crippen MR) is 147 cm³/mol. The molecule has 9 nitrogen and oxygen atoms in total. The Morgan fingerprint density at radius 1 is 0.895 bits per heavy atom. The van der Waals surface area contributed by atoms with Gasteiger partial charge < -0.3 is 23.7 Å². The van der Waals surface area contributed by atoms with E-state index in [1.54, 1.807) is 42.5 Å². The van der Waals surface area contributed by atoms with Crippen molar-refractivity contribution in [1.82, 2.24) is 5.43 Å². The van der Waals surface area contributed by atoms with Gasteiger partial charge >= 0.3 is 5.97 Å². The molecule has 0 saturated carbocycles. The maximum absolute atomic E-state index is 12.8. The quantitative estimate of drug-likeness (QED) is 0.106. The third kappa shape index (κ3) is 7.59. The zero-order chi connectivity index (χ0) is 27.5. The number of esters is 1. The number of methoxy groups -OCH3 is 3. The van der Waals surface area contributed by atoms with E-state index in [1.807, 2.05) is 12.1 Å². The zero-order valence-corrected chi connectivity index (χ0v) is 22.7. The van der Waals surface area contributed by atoms with Gasteiger partial charge in [0, 0.05) is 10.0 Å². The van der Waals surface area contributed by atoms with E-state index in [4.69, 9.17) is 23.7 Å². The molecule has 0 fully saturated rings. The molecule has 3 aromatic rings. The summed E-state index contributed by atoms with van der Waals surface area (Å²) in [5, 5.41) is 3.97. The van der Waals surface area contributed by atoms with Gasteiger partial charge in [-0.1, -0.05) is 28.1 Å². The van der Waals surface area contributed by atoms with E-state index in [0.717, 1.165) is 10.0 Å². The number of nitrogens with one attached hydrogen (secondary N) is 1. The third-order valence-corrected chi connectivity index (χ3v) is 5.65. The summed E-state index contributed by atoms with van der Waals surface area (Å²) >= 11 is 3.38. The SMILES string of the molecule is C=CCc1ccc(OCC(=O)N/N=C/c2cc(Br)ccc2OC(=O)c2ccc(OC)c(OC)c2)c(OC)c1. The summed E-state index contributed by atoms with van der Waals surface area (Å²) < 4.78 is 27.7. The molecule has 198 valence electrons. The van der Waals surface area contributed by atoms with Gasteiger partial charge in [0.05, 0.1) is 33.1 Å². The van der Waals surface area contributed by atoms with Gasteiger partial charge in [0.25, 0.3) is 5.91 Å². The van der Waals surface area contributed by atoms with Crippen molar-refractivity contribution in [1.29, 1.82) is 0 Å². The Labute approximate surface area is 229 Å². The van der Waals surface area contributed by atoms with Gasteiger partial charge in [0.1, 0.15) is 5.75 Å². The summed E-state index contributed by atoms with van der Waals surface area (Å²) in [6.07, 6.45) is 3.84. The number of ether oxygens (including phenoxy) is 5. The smallest absolute Gasteiger partial charge is 0.343 e. The van der Waals surface area contributed by atoms with Gasteiger partial charge in [0.2, 0.25) is 0 Å². The Morgan fingerprint density at radius 3 is 2.29 bits per heavy atom. The van der Waals surface area contributed by atoms with Gasteiger partial charge in [-0.2, -0.15) is 5.10 Å². The van der Waals surface area contributed by atoms with Crippen LogP contribution in [0.3, 0.4) is 0 Å². The van der Waals surface area contributed by atoms with E-state index in [9.17, 15) is 9.59 Å². The van der Waals surface area contributed by atoms with Gasteiger partial charge in [-0.3, -0.25) is 4.79 Å². The number of carbonyl (C=O) groups is 2. The lowest BCUT2D eigenvalue weighted by Crippen LogP contribution is -2.24. The van der Waals surface area contributed by atoms with Crippen LogP contribution in [-0.4, -0.2) is 46.0 Å². The molecule has 10 heteroatoms. The maximum Gasteiger partial charge on any atom is 0.343 e. The zero-order valence-electron chi connectivity index (χ0n) is 21.2. The second kappa shape index (κ2) is 13.8. The van der Waals surface area contributed by atoms with Gasteiger partial charge in [-0.05, 0) is 60.5 Å². The van der Waals surface area contributed by atoms with E-state index in [2.05, 4.69) is 33.0 Å². The Hall–Kier alpha value is -4.31. The van der Waals surface area contributed by atoms with Crippen molar-refractivity contribution in [2.24, 2.45) is 5.10 Å². The van der Waals surface area contributed by atoms with Crippen LogP contribution in [0.5, 0.6) is 28.7 Å². The normalized spacial score (nSPS) is 10.5. The van der Waals surface area contributed by atoms with Crippen molar-refractivity contribution in [3.63, 3.8) is 0 Å². The monoisotopic (exact) mass is 582 g/mol. The summed E-state index contributed by atoms with van der Waals surface area (Å²) in [6.45, 7) is 3.44. The molecule has 0 aliphatic heterocycles. The fourth-order valence-electron chi connectivity index (χ4n) is 3.31. The molecule has 0 spiro atoms. The van der Waals surface area contributed by atoms with E-state index in [1.165, 1.54) is 33.6 Å². The van der Waals surface area contributed by atoms with Crippen LogP contribution >= 0.6 is 15.9 Å². The number of nitrogens with zero attached hydrogens (tertiary/aromatic N) is 1. The highest BCUT2D eigenvalue weighted by Gasteiger charge is 2.15. The minimum absolute atomic E-state index is 0.242. The molecular weight excluding hydrogens is 556 g/mol. The number of carbonyl (C=O) groups excluding carboxylic acids is 2. The molecule has 0 saturated heterocycles. The number of hydrogen-bond acceptors (Lipinski definition) is 8. The van der Waals surface area contributed by atoms with E-state index in [0.29, 0.717) is 35.0 Å². The number of halogens is 1. The summed E-state index contributed by atoms with van der Waals surface area (Å²) in [4.78, 5) is 25.0. The fourth-order valence-corrected chi connectivity index (χ4v) is 3.69. The number of hydrogen-bond donors (Lipinski definition) is 1. The van der Waals surface area contributed by atoms with Crippen LogP contribution in [0, 0.1) is 0 Å². The fraction of sp³-hybridized carbons (Fsp3) is 0.179. The first-order chi connectivity index (χ1) is 18.4. The minimum atomic E-state index is -0.603. The lowest BCUT2D eigenvalue weighted by molar-refractivity contribution is -0.123. The minimum Gasteiger partial charge on any atom is -0.493 e. The molecule has 0 atom stereocenters. The maximum atomic E-state index is 12.8. The standard InChI is InChI=1S/C28H27BrN2O7/c1-5-6-18-7-10-24(25(13-18)35-3)37-17-27(32)31-30-16-20-14-21(29)9-12-22(20)38-28(33)19-8-11-23(34-2)26(15-19)36-4/h5,7-16H,1,6,17H2,2-4H3,(H,31,32)/b30-16+. The van der Waals surface area contributed by atoms with Gasteiger partial charge in [-0.15, -0.1) is 6.58 Å². The Morgan fingerprint density at radius 2 is 1.58 bits per heavy atom. The Bertz CT molecular complexity index is 1340. The van der Waals surface area contributed by atoms with Crippen LogP contribution in [0.2, 0.25) is 0 Å². The largest absolute Gasteiger partial charge is 0.493 e. The van der Waals surface area contributed by atoms with Gasteiger partial charge in [0.15, 0.2) is 29.6 Å². The molecule has 1 N–H and O–H groups in total. The van der Waals surface area contributed by atoms with Crippen LogP contribution in [-0.2, 0) is 11.2 Å². The van der Waals surface area contributed by atoms with Crippen molar-refractivity contribution < 1.29 is 33.3 Å². The molecule has 0 unspecified atom stereocenters. The van der Waals surface area contributed by atoms with Gasteiger partial charge in [-0.25, -0.2) is 10.2 Å². The molecule has 1 amide bonds. The average molecular weight is 583 g/mol. The summed E-state index contributed by atoms with van der Waals surface area (Å²) in [5.74, 6) is 0.974. The molecule has 0 aliphatic rings.